The second-order valence-corrected chi connectivity index (χ2v) is 12.5. The predicted octanol–water partition coefficient (Wildman–Crippen LogP) is 4.55. The van der Waals surface area contributed by atoms with Crippen LogP contribution >= 0.6 is 12.2 Å². The number of thiocarbonyl (C=S) groups is 1. The van der Waals surface area contributed by atoms with Crippen LogP contribution < -0.4 is 10.9 Å². The van der Waals surface area contributed by atoms with Gasteiger partial charge in [-0.15, -0.1) is 0 Å². The van der Waals surface area contributed by atoms with Crippen LogP contribution in [-0.2, 0) is 24.9 Å². The zero-order chi connectivity index (χ0) is 17.5. The van der Waals surface area contributed by atoms with Crippen molar-refractivity contribution in [2.24, 2.45) is 5.11 Å². The summed E-state index contributed by atoms with van der Waals surface area (Å²) in [6, 6.07) is 30.6. The zero-order valence-corrected chi connectivity index (χ0v) is 19.9. The van der Waals surface area contributed by atoms with Crippen LogP contribution in [0.2, 0.25) is 0 Å². The summed E-state index contributed by atoms with van der Waals surface area (Å²) in [5.41, 5.74) is 9.46. The van der Waals surface area contributed by atoms with Crippen molar-refractivity contribution in [2.45, 2.75) is 0 Å². The third kappa shape index (κ3) is 4.49. The molecule has 0 saturated carbocycles. The molecule has 120 valence electrons. The molecule has 0 fully saturated rings. The number of hydrogen-bond acceptors (Lipinski definition) is 3. The number of nitrogens with zero attached hydrogens (tertiary/aromatic N) is 3. The third-order valence-electron chi connectivity index (χ3n) is 3.75. The SMILES string of the molecule is N=NC(=S)N(c1ccccc1)[N]([Hg][c]1ccccc1)c1ccccc1. The van der Waals surface area contributed by atoms with Gasteiger partial charge in [0.2, 0.25) is 0 Å². The molecule has 0 aliphatic rings. The number of anilines is 2. The van der Waals surface area contributed by atoms with Crippen LogP contribution in [0.5, 0.6) is 0 Å². The Labute approximate surface area is 165 Å². The van der Waals surface area contributed by atoms with E-state index in [1.807, 2.05) is 59.6 Å². The van der Waals surface area contributed by atoms with Crippen LogP contribution in [0.4, 0.5) is 11.4 Å². The Morgan fingerprint density at radius 3 is 1.76 bits per heavy atom. The molecular weight excluding hydrogens is 517 g/mol. The van der Waals surface area contributed by atoms with Gasteiger partial charge in [0.05, 0.1) is 0 Å². The number of hydrazine groups is 1. The Kier molecular flexibility index (Phi) is 6.25. The minimum absolute atomic E-state index is 0.242. The van der Waals surface area contributed by atoms with Crippen molar-refractivity contribution >= 4 is 31.8 Å². The molecule has 25 heavy (non-hydrogen) atoms. The van der Waals surface area contributed by atoms with Crippen molar-refractivity contribution < 1.29 is 24.9 Å². The average molecular weight is 533 g/mol. The fraction of sp³-hybridized carbons (Fsp3) is 0. The van der Waals surface area contributed by atoms with Gasteiger partial charge in [0.1, 0.15) is 0 Å². The summed E-state index contributed by atoms with van der Waals surface area (Å²) in [6.07, 6.45) is 0. The monoisotopic (exact) mass is 534 g/mol. The van der Waals surface area contributed by atoms with Crippen LogP contribution in [0.3, 0.4) is 0 Å². The summed E-state index contributed by atoms with van der Waals surface area (Å²) < 4.78 is 3.62. The first kappa shape index (κ1) is 17.7. The molecule has 0 bridgehead atoms. The van der Waals surface area contributed by atoms with Gasteiger partial charge in [-0.1, -0.05) is 0 Å². The maximum atomic E-state index is 7.46. The summed E-state index contributed by atoms with van der Waals surface area (Å²) in [4.78, 5) is 0. The molecule has 0 spiro atoms. The molecule has 6 heteroatoms. The van der Waals surface area contributed by atoms with Crippen LogP contribution in [0.25, 0.3) is 0 Å². The van der Waals surface area contributed by atoms with Crippen LogP contribution in [0, 0.1) is 5.53 Å². The molecule has 3 rings (SSSR count). The van der Waals surface area contributed by atoms with Gasteiger partial charge in [-0.3, -0.25) is 0 Å². The van der Waals surface area contributed by atoms with E-state index in [2.05, 4.69) is 44.3 Å². The number of nitrogens with one attached hydrogen (secondary N) is 1. The van der Waals surface area contributed by atoms with Gasteiger partial charge in [-0.2, -0.15) is 0 Å². The summed E-state index contributed by atoms with van der Waals surface area (Å²) in [7, 11) is 0. The predicted molar refractivity (Wildman–Crippen MR) is 102 cm³/mol. The molecule has 0 unspecified atom stereocenters. The van der Waals surface area contributed by atoms with Gasteiger partial charge >= 0.3 is 166 Å². The van der Waals surface area contributed by atoms with Gasteiger partial charge in [0.15, 0.2) is 0 Å². The number of rotatable bonds is 5. The molecule has 0 aromatic heterocycles. The van der Waals surface area contributed by atoms with Crippen molar-refractivity contribution in [1.29, 1.82) is 5.53 Å². The van der Waals surface area contributed by atoms with Crippen LogP contribution in [0.1, 0.15) is 0 Å². The first-order valence-corrected chi connectivity index (χ1v) is 13.5. The Bertz CT molecular complexity index is 828. The fourth-order valence-corrected chi connectivity index (χ4v) is 9.66. The normalized spacial score (nSPS) is 9.76. The van der Waals surface area contributed by atoms with E-state index in [1.165, 1.54) is 3.07 Å². The van der Waals surface area contributed by atoms with Crippen molar-refractivity contribution in [3.05, 3.63) is 91.0 Å². The third-order valence-corrected chi connectivity index (χ3v) is 10.9. The molecule has 0 heterocycles. The second-order valence-electron chi connectivity index (χ2n) is 5.42. The number of para-hydroxylation sites is 2. The van der Waals surface area contributed by atoms with E-state index in [-0.39, 0.29) is 5.11 Å². The van der Waals surface area contributed by atoms with E-state index < -0.39 is 24.9 Å². The Morgan fingerprint density at radius 2 is 1.24 bits per heavy atom. The van der Waals surface area contributed by atoms with E-state index >= 15 is 0 Å². The van der Waals surface area contributed by atoms with Gasteiger partial charge in [0.25, 0.3) is 0 Å². The molecular formula is C19H16HgN4S. The molecule has 0 saturated heterocycles. The second kappa shape index (κ2) is 8.83. The van der Waals surface area contributed by atoms with E-state index in [1.54, 1.807) is 0 Å². The minimum atomic E-state index is -1.82. The maximum absolute atomic E-state index is 7.46. The Hall–Kier alpha value is -2.11. The molecule has 0 aliphatic heterocycles. The van der Waals surface area contributed by atoms with Crippen molar-refractivity contribution in [3.8, 4) is 0 Å². The Morgan fingerprint density at radius 1 is 0.760 bits per heavy atom. The topological polar surface area (TPSA) is 42.7 Å². The molecule has 1 N–H and O–H groups in total. The number of hydrogen-bond donors (Lipinski definition) is 1. The van der Waals surface area contributed by atoms with E-state index in [9.17, 15) is 0 Å². The molecule has 0 radical (unpaired) electrons. The molecule has 4 nitrogen and oxygen atoms in total. The van der Waals surface area contributed by atoms with Gasteiger partial charge in [0, 0.05) is 0 Å². The molecule has 0 atom stereocenters. The van der Waals surface area contributed by atoms with Crippen molar-refractivity contribution in [2.75, 3.05) is 7.78 Å². The van der Waals surface area contributed by atoms with E-state index in [0.717, 1.165) is 11.4 Å². The van der Waals surface area contributed by atoms with Crippen molar-refractivity contribution in [3.63, 3.8) is 0 Å². The van der Waals surface area contributed by atoms with Gasteiger partial charge in [-0.25, -0.2) is 0 Å². The summed E-state index contributed by atoms with van der Waals surface area (Å²) in [5.74, 6) is 0. The summed E-state index contributed by atoms with van der Waals surface area (Å²) in [5, 5.41) is 5.69. The molecule has 3 aromatic carbocycles. The van der Waals surface area contributed by atoms with Gasteiger partial charge < -0.3 is 0 Å². The fourth-order valence-electron chi connectivity index (χ4n) is 2.60. The van der Waals surface area contributed by atoms with Crippen LogP contribution in [0.15, 0.2) is 96.1 Å². The van der Waals surface area contributed by atoms with Crippen molar-refractivity contribution in [1.82, 2.24) is 0 Å². The van der Waals surface area contributed by atoms with E-state index in [0.29, 0.717) is 0 Å². The Balaban J connectivity index is 2.07. The molecule has 0 amide bonds. The number of benzene rings is 3. The first-order valence-electron chi connectivity index (χ1n) is 7.92. The van der Waals surface area contributed by atoms with E-state index in [4.69, 9.17) is 17.7 Å². The standard InChI is InChI=1S/C13H11N4S.C6H5.Hg/c14-15-13(18)17(12-9-5-2-6-10-12)16-11-7-3-1-4-8-11;1-2-4-6-5-3-1;/h1-10,14H;1-5H;/q-1;;+1. The van der Waals surface area contributed by atoms with Crippen LogP contribution in [-0.4, -0.2) is 5.11 Å². The zero-order valence-electron chi connectivity index (χ0n) is 13.6. The quantitative estimate of drug-likeness (QED) is 0.227. The summed E-state index contributed by atoms with van der Waals surface area (Å²) in [6.45, 7) is 0. The summed E-state index contributed by atoms with van der Waals surface area (Å²) >= 11 is 3.60. The first-order chi connectivity index (χ1) is 12.3. The van der Waals surface area contributed by atoms with Gasteiger partial charge in [-0.05, 0) is 0 Å². The molecule has 0 aliphatic carbocycles. The molecule has 3 aromatic rings. The average Bonchev–Trinajstić information content (AvgIpc) is 2.69.